The van der Waals surface area contributed by atoms with E-state index < -0.39 is 0 Å². The van der Waals surface area contributed by atoms with Crippen molar-refractivity contribution in [3.8, 4) is 22.7 Å². The highest BCUT2D eigenvalue weighted by molar-refractivity contribution is 5.98. The number of nitrogens with two attached hydrogens (primary N) is 2. The third kappa shape index (κ3) is 5.75. The number of hydrogen-bond donors (Lipinski definition) is 2. The third-order valence-electron chi connectivity index (χ3n) is 6.23. The molecule has 0 spiro atoms. The van der Waals surface area contributed by atoms with Crippen LogP contribution in [0.4, 0.5) is 11.8 Å². The van der Waals surface area contributed by atoms with Gasteiger partial charge in [0.05, 0.1) is 12.5 Å². The lowest BCUT2D eigenvalue weighted by molar-refractivity contribution is 0.0828. The fraction of sp³-hybridized carbons (Fsp3) is 0.167. The second-order valence-electron chi connectivity index (χ2n) is 9.05. The van der Waals surface area contributed by atoms with Crippen LogP contribution in [-0.4, -0.2) is 51.5 Å². The minimum absolute atomic E-state index is 0.0121. The summed E-state index contributed by atoms with van der Waals surface area (Å²) in [4.78, 5) is 37.9. The number of carbonyl (C=O) groups is 1. The summed E-state index contributed by atoms with van der Waals surface area (Å²) in [5.41, 5.74) is 14.7. The van der Waals surface area contributed by atoms with Crippen LogP contribution in [0.5, 0.6) is 5.88 Å². The highest BCUT2D eigenvalue weighted by Crippen LogP contribution is 2.29. The normalized spacial score (nSPS) is 10.5. The van der Waals surface area contributed by atoms with Crippen molar-refractivity contribution in [3.05, 3.63) is 101 Å². The number of rotatable bonds is 5. The Hall–Kier alpha value is -5.25. The van der Waals surface area contributed by atoms with E-state index in [-0.39, 0.29) is 28.8 Å². The van der Waals surface area contributed by atoms with Crippen LogP contribution in [0.1, 0.15) is 23.0 Å². The first kappa shape index (κ1) is 27.8. The van der Waals surface area contributed by atoms with Crippen molar-refractivity contribution in [1.82, 2.24) is 24.4 Å². The number of nitrogen functional groups attached to an aromatic ring is 2. The maximum Gasteiger partial charge on any atom is 0.263 e. The van der Waals surface area contributed by atoms with Crippen LogP contribution in [0.25, 0.3) is 27.6 Å². The predicted octanol–water partition coefficient (Wildman–Crippen LogP) is 3.97. The van der Waals surface area contributed by atoms with Crippen LogP contribution in [0.2, 0.25) is 0 Å². The summed E-state index contributed by atoms with van der Waals surface area (Å²) >= 11 is 0. The van der Waals surface area contributed by atoms with Crippen LogP contribution in [-0.2, 0) is 6.42 Å². The number of aryl methyl sites for hydroxylation is 1. The fourth-order valence-corrected chi connectivity index (χ4v) is 4.28. The number of carbonyl (C=O) groups excluding carboxylic acids is 1. The molecule has 0 bridgehead atoms. The molecule has 0 fully saturated rings. The van der Waals surface area contributed by atoms with Crippen LogP contribution < -0.4 is 21.8 Å². The van der Waals surface area contributed by atoms with Gasteiger partial charge in [0.1, 0.15) is 11.4 Å². The zero-order chi connectivity index (χ0) is 28.8. The molecular formula is C30H31N7O3. The van der Waals surface area contributed by atoms with Gasteiger partial charge in [-0.15, -0.1) is 0 Å². The summed E-state index contributed by atoms with van der Waals surface area (Å²) in [6.07, 6.45) is 3.79. The lowest BCUT2D eigenvalue weighted by Gasteiger charge is -2.15. The van der Waals surface area contributed by atoms with Crippen LogP contribution >= 0.6 is 0 Å². The molecule has 5 rings (SSSR count). The molecule has 0 aliphatic carbocycles. The molecule has 0 aliphatic heterocycles. The van der Waals surface area contributed by atoms with Crippen LogP contribution in [0.3, 0.4) is 0 Å². The average molecular weight is 538 g/mol. The summed E-state index contributed by atoms with van der Waals surface area (Å²) in [6.45, 7) is 2.07. The second kappa shape index (κ2) is 12.1. The molecule has 10 nitrogen and oxygen atoms in total. The van der Waals surface area contributed by atoms with E-state index in [1.54, 1.807) is 27.4 Å². The van der Waals surface area contributed by atoms with Crippen molar-refractivity contribution in [3.63, 3.8) is 0 Å². The largest absolute Gasteiger partial charge is 0.481 e. The number of amides is 1. The minimum atomic E-state index is -0.238. The standard InChI is InChI=1S/C23H20N2O2.C7H11N5O/c1-3-18-14-17-8-7-11-20(16-12-13-24-21(15-16)27-2)22(17)23(26)25(18)19-9-5-4-6-10-19;1-12(2)6(13)4-3-10-7(9)11-5(4)8/h4-15H,3H2,1-2H3;3H,1-2H3,(H4,8,9,10,11). The van der Waals surface area contributed by atoms with Gasteiger partial charge in [-0.1, -0.05) is 43.3 Å². The lowest BCUT2D eigenvalue weighted by atomic mass is 9.99. The van der Waals surface area contributed by atoms with Crippen molar-refractivity contribution in [2.24, 2.45) is 0 Å². The predicted molar refractivity (Wildman–Crippen MR) is 158 cm³/mol. The molecule has 10 heteroatoms. The number of ether oxygens (including phenoxy) is 1. The molecule has 0 aliphatic rings. The number of para-hydroxylation sites is 1. The number of nitrogens with zero attached hydrogens (tertiary/aromatic N) is 5. The van der Waals surface area contributed by atoms with Crippen molar-refractivity contribution >= 4 is 28.4 Å². The van der Waals surface area contributed by atoms with Gasteiger partial charge in [0.15, 0.2) is 0 Å². The first-order valence-corrected chi connectivity index (χ1v) is 12.6. The Morgan fingerprint density at radius 2 is 1.75 bits per heavy atom. The Morgan fingerprint density at radius 3 is 2.40 bits per heavy atom. The molecule has 3 aromatic heterocycles. The topological polar surface area (TPSA) is 142 Å². The Kier molecular flexibility index (Phi) is 8.39. The molecule has 0 radical (unpaired) electrons. The van der Waals surface area contributed by atoms with Gasteiger partial charge in [0.2, 0.25) is 11.8 Å². The van der Waals surface area contributed by atoms with E-state index in [2.05, 4.69) is 27.9 Å². The molecule has 0 atom stereocenters. The van der Waals surface area contributed by atoms with E-state index in [1.807, 2.05) is 65.2 Å². The molecule has 0 saturated carbocycles. The molecule has 40 heavy (non-hydrogen) atoms. The van der Waals surface area contributed by atoms with Crippen LogP contribution in [0, 0.1) is 0 Å². The molecule has 5 aromatic rings. The van der Waals surface area contributed by atoms with Gasteiger partial charge in [-0.05, 0) is 47.2 Å². The van der Waals surface area contributed by atoms with E-state index >= 15 is 0 Å². The number of anilines is 2. The summed E-state index contributed by atoms with van der Waals surface area (Å²) in [7, 11) is 4.83. The van der Waals surface area contributed by atoms with Gasteiger partial charge < -0.3 is 21.1 Å². The number of fused-ring (bicyclic) bond motifs is 1. The summed E-state index contributed by atoms with van der Waals surface area (Å²) in [5, 5.41) is 1.64. The number of benzene rings is 2. The highest BCUT2D eigenvalue weighted by atomic mass is 16.5. The maximum absolute atomic E-state index is 13.6. The second-order valence-corrected chi connectivity index (χ2v) is 9.05. The molecule has 4 N–H and O–H groups in total. The van der Waals surface area contributed by atoms with Gasteiger partial charge in [0, 0.05) is 43.9 Å². The average Bonchev–Trinajstić information content (AvgIpc) is 2.97. The molecular weight excluding hydrogens is 506 g/mol. The Labute approximate surface area is 231 Å². The van der Waals surface area contributed by atoms with E-state index in [1.165, 1.54) is 11.1 Å². The summed E-state index contributed by atoms with van der Waals surface area (Å²) in [5.74, 6) is 0.453. The monoisotopic (exact) mass is 537 g/mol. The van der Waals surface area contributed by atoms with Gasteiger partial charge in [-0.3, -0.25) is 14.2 Å². The Balaban J connectivity index is 0.000000240. The van der Waals surface area contributed by atoms with Crippen molar-refractivity contribution < 1.29 is 9.53 Å². The Bertz CT molecular complexity index is 1720. The lowest BCUT2D eigenvalue weighted by Crippen LogP contribution is -2.23. The summed E-state index contributed by atoms with van der Waals surface area (Å²) < 4.78 is 7.06. The van der Waals surface area contributed by atoms with Crippen molar-refractivity contribution in [1.29, 1.82) is 0 Å². The van der Waals surface area contributed by atoms with E-state index in [4.69, 9.17) is 16.2 Å². The van der Waals surface area contributed by atoms with Gasteiger partial charge in [0.25, 0.3) is 11.5 Å². The molecule has 0 unspecified atom stereocenters. The van der Waals surface area contributed by atoms with E-state index in [0.29, 0.717) is 11.3 Å². The zero-order valence-corrected chi connectivity index (χ0v) is 22.8. The molecule has 1 amide bonds. The molecule has 2 aromatic carbocycles. The third-order valence-corrected chi connectivity index (χ3v) is 6.23. The van der Waals surface area contributed by atoms with E-state index in [9.17, 15) is 9.59 Å². The van der Waals surface area contributed by atoms with Gasteiger partial charge in [-0.2, -0.15) is 4.98 Å². The summed E-state index contributed by atoms with van der Waals surface area (Å²) in [6, 6.07) is 21.6. The quantitative estimate of drug-likeness (QED) is 0.343. The van der Waals surface area contributed by atoms with Gasteiger partial charge in [-0.25, -0.2) is 9.97 Å². The molecule has 0 saturated heterocycles. The van der Waals surface area contributed by atoms with E-state index in [0.717, 1.165) is 34.3 Å². The number of hydrogen-bond acceptors (Lipinski definition) is 8. The SMILES string of the molecule is CCc1cc2cccc(-c3ccnc(OC)c3)c2c(=O)n1-c1ccccc1.CN(C)C(=O)c1cnc(N)nc1N. The number of methoxy groups -OCH3 is 1. The minimum Gasteiger partial charge on any atom is -0.481 e. The van der Waals surface area contributed by atoms with Crippen molar-refractivity contribution in [2.75, 3.05) is 32.7 Å². The number of pyridine rings is 2. The van der Waals surface area contributed by atoms with Gasteiger partial charge >= 0.3 is 0 Å². The first-order valence-electron chi connectivity index (χ1n) is 12.6. The highest BCUT2D eigenvalue weighted by Gasteiger charge is 2.15. The smallest absolute Gasteiger partial charge is 0.263 e. The maximum atomic E-state index is 13.6. The number of aromatic nitrogens is 4. The van der Waals surface area contributed by atoms with Crippen molar-refractivity contribution in [2.45, 2.75) is 13.3 Å². The zero-order valence-electron chi connectivity index (χ0n) is 22.8. The Morgan fingerprint density at radius 1 is 1.00 bits per heavy atom. The first-order chi connectivity index (χ1) is 19.2. The fourth-order valence-electron chi connectivity index (χ4n) is 4.28. The van der Waals surface area contributed by atoms with Crippen LogP contribution in [0.15, 0.2) is 83.9 Å². The molecule has 3 heterocycles. The molecule has 204 valence electrons.